The van der Waals surface area contributed by atoms with E-state index >= 15 is 0 Å². The van der Waals surface area contributed by atoms with Gasteiger partial charge in [-0.2, -0.15) is 0 Å². The van der Waals surface area contributed by atoms with Gasteiger partial charge in [-0.05, 0) is 92.1 Å². The first-order chi connectivity index (χ1) is 17.5. The van der Waals surface area contributed by atoms with Gasteiger partial charge in [-0.3, -0.25) is 9.88 Å². The Labute approximate surface area is 217 Å². The molecule has 1 aliphatic carbocycles. The van der Waals surface area contributed by atoms with Crippen LogP contribution in [0.4, 0.5) is 10.1 Å². The summed E-state index contributed by atoms with van der Waals surface area (Å²) in [6.07, 6.45) is 8.43. The number of piperazine rings is 1. The minimum atomic E-state index is -0.705. The molecule has 2 aromatic carbocycles. The molecule has 0 bridgehead atoms. The molecule has 190 valence electrons. The van der Waals surface area contributed by atoms with Crippen LogP contribution in [0.1, 0.15) is 31.2 Å². The van der Waals surface area contributed by atoms with Gasteiger partial charge in [0.05, 0.1) is 16.2 Å². The smallest absolute Gasteiger partial charge is 0.170 e. The van der Waals surface area contributed by atoms with Crippen molar-refractivity contribution in [2.45, 2.75) is 32.1 Å². The van der Waals surface area contributed by atoms with Gasteiger partial charge in [-0.1, -0.05) is 17.7 Å². The van der Waals surface area contributed by atoms with Crippen molar-refractivity contribution in [3.63, 3.8) is 0 Å². The second-order valence-corrected chi connectivity index (χ2v) is 11.1. The minimum Gasteiger partial charge on any atom is -0.504 e. The molecule has 5 nitrogen and oxygen atoms in total. The highest BCUT2D eigenvalue weighted by Gasteiger charge is 2.27. The highest BCUT2D eigenvalue weighted by atomic mass is 35.5. The summed E-state index contributed by atoms with van der Waals surface area (Å²) in [6, 6.07) is 9.07. The summed E-state index contributed by atoms with van der Waals surface area (Å²) >= 11 is 6.09. The Morgan fingerprint density at radius 3 is 2.33 bits per heavy atom. The average molecular weight is 509 g/mol. The van der Waals surface area contributed by atoms with Gasteiger partial charge in [-0.25, -0.2) is 4.39 Å². The number of pyridine rings is 1. The maximum Gasteiger partial charge on any atom is 0.170 e. The van der Waals surface area contributed by atoms with Gasteiger partial charge < -0.3 is 14.9 Å². The van der Waals surface area contributed by atoms with E-state index in [0.717, 1.165) is 61.5 Å². The predicted octanol–water partition coefficient (Wildman–Crippen LogP) is 5.57. The number of fused-ring (bicyclic) bond motifs is 1. The van der Waals surface area contributed by atoms with Crippen LogP contribution in [0.2, 0.25) is 5.02 Å². The van der Waals surface area contributed by atoms with E-state index in [1.165, 1.54) is 62.6 Å². The van der Waals surface area contributed by atoms with E-state index in [4.69, 9.17) is 16.6 Å². The van der Waals surface area contributed by atoms with Crippen LogP contribution in [0.15, 0.2) is 36.5 Å². The lowest BCUT2D eigenvalue weighted by molar-refractivity contribution is 0.215. The van der Waals surface area contributed by atoms with Crippen LogP contribution in [-0.4, -0.2) is 72.2 Å². The van der Waals surface area contributed by atoms with Gasteiger partial charge >= 0.3 is 0 Å². The molecular formula is C29H34ClFN4O. The fourth-order valence-corrected chi connectivity index (χ4v) is 5.98. The molecule has 3 fully saturated rings. The van der Waals surface area contributed by atoms with E-state index in [2.05, 4.69) is 27.0 Å². The third-order valence-corrected chi connectivity index (χ3v) is 8.38. The summed E-state index contributed by atoms with van der Waals surface area (Å²) in [5.74, 6) is -0.445. The standard InChI is InChI=1S/C29H34ClFN4O/c30-25-17-22(18-26(31)29(25)36)21-5-6-27-24(16-21)28(23(19-32-27)15-20-3-4-20)35-13-11-34(12-14-35)10-9-33-7-1-2-8-33/h5-6,16-20,36H,1-4,7-15H2. The number of rotatable bonds is 7. The van der Waals surface area contributed by atoms with Gasteiger partial charge in [0.1, 0.15) is 0 Å². The van der Waals surface area contributed by atoms with Crippen molar-refractivity contribution in [3.8, 4) is 16.9 Å². The lowest BCUT2D eigenvalue weighted by Gasteiger charge is -2.38. The molecule has 0 atom stereocenters. The van der Waals surface area contributed by atoms with E-state index < -0.39 is 11.6 Å². The summed E-state index contributed by atoms with van der Waals surface area (Å²) in [4.78, 5) is 12.5. The van der Waals surface area contributed by atoms with Crippen molar-refractivity contribution in [2.75, 3.05) is 57.3 Å². The zero-order chi connectivity index (χ0) is 24.6. The molecule has 1 aromatic heterocycles. The summed E-state index contributed by atoms with van der Waals surface area (Å²) in [7, 11) is 0. The van der Waals surface area contributed by atoms with Gasteiger partial charge in [0.15, 0.2) is 11.6 Å². The SMILES string of the molecule is Oc1c(F)cc(-c2ccc3ncc(CC4CC4)c(N4CCN(CCN5CCCC5)CC4)c3c2)cc1Cl. The first kappa shape index (κ1) is 24.0. The Morgan fingerprint density at radius 2 is 1.64 bits per heavy atom. The summed E-state index contributed by atoms with van der Waals surface area (Å²) in [6.45, 7) is 8.98. The fraction of sp³-hybridized carbons (Fsp3) is 0.483. The molecule has 36 heavy (non-hydrogen) atoms. The first-order valence-corrected chi connectivity index (χ1v) is 13.7. The number of nitrogens with zero attached hydrogens (tertiary/aromatic N) is 4. The topological polar surface area (TPSA) is 42.8 Å². The number of phenolic OH excluding ortho intramolecular Hbond substituents is 1. The Kier molecular flexibility index (Phi) is 6.76. The van der Waals surface area contributed by atoms with Gasteiger partial charge in [0, 0.05) is 50.9 Å². The van der Waals surface area contributed by atoms with Crippen LogP contribution in [0.3, 0.4) is 0 Å². The molecule has 0 radical (unpaired) electrons. The van der Waals surface area contributed by atoms with Crippen LogP contribution in [0.25, 0.3) is 22.0 Å². The molecule has 0 spiro atoms. The van der Waals surface area contributed by atoms with E-state index in [9.17, 15) is 9.50 Å². The minimum absolute atomic E-state index is 0.0241. The van der Waals surface area contributed by atoms with Crippen LogP contribution in [0, 0.1) is 11.7 Å². The highest BCUT2D eigenvalue weighted by molar-refractivity contribution is 6.32. The number of phenols is 1. The van der Waals surface area contributed by atoms with Gasteiger partial charge in [0.2, 0.25) is 0 Å². The predicted molar refractivity (Wildman–Crippen MR) is 145 cm³/mol. The van der Waals surface area contributed by atoms with E-state index in [0.29, 0.717) is 5.56 Å². The molecule has 3 heterocycles. The third-order valence-electron chi connectivity index (χ3n) is 8.09. The summed E-state index contributed by atoms with van der Waals surface area (Å²) in [5.41, 5.74) is 5.10. The molecule has 6 rings (SSSR count). The molecule has 2 aliphatic heterocycles. The fourth-order valence-electron chi connectivity index (χ4n) is 5.77. The number of aromatic nitrogens is 1. The normalized spacial score (nSPS) is 19.4. The first-order valence-electron chi connectivity index (χ1n) is 13.3. The molecule has 1 N–H and O–H groups in total. The number of halogens is 2. The molecule has 0 amide bonds. The Hall–Kier alpha value is -2.41. The second-order valence-electron chi connectivity index (χ2n) is 10.7. The lowest BCUT2D eigenvalue weighted by Crippen LogP contribution is -2.48. The number of hydrogen-bond acceptors (Lipinski definition) is 5. The number of benzene rings is 2. The van der Waals surface area contributed by atoms with Crippen LogP contribution in [0.5, 0.6) is 5.75 Å². The Balaban J connectivity index is 1.30. The van der Waals surface area contributed by atoms with E-state index in [1.807, 2.05) is 12.1 Å². The summed E-state index contributed by atoms with van der Waals surface area (Å²) in [5, 5.41) is 10.9. The molecule has 7 heteroatoms. The number of anilines is 1. The zero-order valence-corrected chi connectivity index (χ0v) is 21.5. The van der Waals surface area contributed by atoms with Crippen molar-refractivity contribution in [3.05, 3.63) is 52.9 Å². The summed E-state index contributed by atoms with van der Waals surface area (Å²) < 4.78 is 14.3. The molecule has 2 saturated heterocycles. The van der Waals surface area contributed by atoms with Crippen LogP contribution >= 0.6 is 11.6 Å². The second kappa shape index (κ2) is 10.2. The van der Waals surface area contributed by atoms with Gasteiger partial charge in [0.25, 0.3) is 0 Å². The molecule has 0 unspecified atom stereocenters. The molecule has 3 aromatic rings. The highest BCUT2D eigenvalue weighted by Crippen LogP contribution is 2.40. The molecular weight excluding hydrogens is 475 g/mol. The zero-order valence-electron chi connectivity index (χ0n) is 20.7. The van der Waals surface area contributed by atoms with Crippen LogP contribution < -0.4 is 4.90 Å². The number of likely N-dealkylation sites (tertiary alicyclic amines) is 1. The monoisotopic (exact) mass is 508 g/mol. The molecule has 1 saturated carbocycles. The van der Waals surface area contributed by atoms with Crippen LogP contribution in [-0.2, 0) is 6.42 Å². The van der Waals surface area contributed by atoms with Crippen molar-refractivity contribution >= 4 is 28.2 Å². The average Bonchev–Trinajstić information content (AvgIpc) is 3.55. The largest absolute Gasteiger partial charge is 0.504 e. The van der Waals surface area contributed by atoms with Crippen molar-refractivity contribution < 1.29 is 9.50 Å². The van der Waals surface area contributed by atoms with E-state index in [1.54, 1.807) is 6.07 Å². The Morgan fingerprint density at radius 1 is 0.917 bits per heavy atom. The number of hydrogen-bond donors (Lipinski definition) is 1. The van der Waals surface area contributed by atoms with Gasteiger partial charge in [-0.15, -0.1) is 0 Å². The maximum absolute atomic E-state index is 14.3. The number of aromatic hydroxyl groups is 1. The molecule has 3 aliphatic rings. The van der Waals surface area contributed by atoms with Crippen molar-refractivity contribution in [1.29, 1.82) is 0 Å². The lowest BCUT2D eigenvalue weighted by atomic mass is 9.98. The van der Waals surface area contributed by atoms with Crippen molar-refractivity contribution in [2.24, 2.45) is 5.92 Å². The quantitative estimate of drug-likeness (QED) is 0.452. The van der Waals surface area contributed by atoms with E-state index in [-0.39, 0.29) is 5.02 Å². The maximum atomic E-state index is 14.3. The Bertz CT molecular complexity index is 1230. The third kappa shape index (κ3) is 5.04. The van der Waals surface area contributed by atoms with Crippen molar-refractivity contribution in [1.82, 2.24) is 14.8 Å².